The van der Waals surface area contributed by atoms with Crippen molar-refractivity contribution in [1.82, 2.24) is 0 Å². The number of fused-ring (bicyclic) bond motifs is 3. The highest BCUT2D eigenvalue weighted by Gasteiger charge is 2.41. The molecule has 0 aliphatic heterocycles. The molecule has 0 saturated carbocycles. The molecule has 0 unspecified atom stereocenters. The van der Waals surface area contributed by atoms with Crippen LogP contribution in [0.2, 0.25) is 0 Å². The van der Waals surface area contributed by atoms with Gasteiger partial charge in [-0.2, -0.15) is 0 Å². The summed E-state index contributed by atoms with van der Waals surface area (Å²) in [7, 11) is 0. The van der Waals surface area contributed by atoms with Gasteiger partial charge in [-0.3, -0.25) is 0 Å². The number of rotatable bonds is 5. The number of benzene rings is 2. The predicted molar refractivity (Wildman–Crippen MR) is 106 cm³/mol. The van der Waals surface area contributed by atoms with Gasteiger partial charge in [0.2, 0.25) is 0 Å². The van der Waals surface area contributed by atoms with Gasteiger partial charge in [0.05, 0.1) is 0 Å². The lowest BCUT2D eigenvalue weighted by Crippen LogP contribution is -2.24. The Morgan fingerprint density at radius 1 is 0.792 bits per heavy atom. The summed E-state index contributed by atoms with van der Waals surface area (Å²) in [4.78, 5) is 1.37. The van der Waals surface area contributed by atoms with Crippen molar-refractivity contribution in [2.45, 2.75) is 44.9 Å². The molecular weight excluding hydrogens is 308 g/mol. The summed E-state index contributed by atoms with van der Waals surface area (Å²) < 4.78 is 0. The lowest BCUT2D eigenvalue weighted by molar-refractivity contribution is 0.436. The predicted octanol–water partition coefficient (Wildman–Crippen LogP) is 7.28. The zero-order valence-corrected chi connectivity index (χ0v) is 15.3. The van der Waals surface area contributed by atoms with Crippen LogP contribution in [0, 0.1) is 0 Å². The van der Waals surface area contributed by atoms with Crippen LogP contribution in [0.4, 0.5) is 0 Å². The summed E-state index contributed by atoms with van der Waals surface area (Å²) in [5, 5.41) is 2.17. The van der Waals surface area contributed by atoms with Crippen molar-refractivity contribution in [3.05, 3.63) is 71.1 Å². The quantitative estimate of drug-likeness (QED) is 0.460. The molecule has 1 heteroatoms. The lowest BCUT2D eigenvalue weighted by atomic mass is 9.71. The third-order valence-corrected chi connectivity index (χ3v) is 6.35. The van der Waals surface area contributed by atoms with Gasteiger partial charge in [-0.05, 0) is 58.2 Å². The Balaban J connectivity index is 1.96. The highest BCUT2D eigenvalue weighted by Crippen LogP contribution is 2.54. The van der Waals surface area contributed by atoms with E-state index in [1.54, 1.807) is 11.1 Å². The molecule has 1 heterocycles. The molecule has 0 bridgehead atoms. The van der Waals surface area contributed by atoms with Crippen LogP contribution in [-0.4, -0.2) is 0 Å². The Bertz CT molecular complexity index is 836. The summed E-state index contributed by atoms with van der Waals surface area (Å²) in [6.45, 7) is 4.64. The fourth-order valence-electron chi connectivity index (χ4n) is 4.57. The molecule has 0 atom stereocenters. The van der Waals surface area contributed by atoms with Gasteiger partial charge in [-0.15, -0.1) is 11.3 Å². The van der Waals surface area contributed by atoms with E-state index in [1.165, 1.54) is 47.3 Å². The van der Waals surface area contributed by atoms with Crippen LogP contribution >= 0.6 is 11.3 Å². The first-order valence-electron chi connectivity index (χ1n) is 9.08. The summed E-state index contributed by atoms with van der Waals surface area (Å²) in [5.74, 6) is 0. The monoisotopic (exact) mass is 332 g/mol. The Morgan fingerprint density at radius 2 is 1.54 bits per heavy atom. The minimum absolute atomic E-state index is 0.197. The van der Waals surface area contributed by atoms with Gasteiger partial charge in [-0.25, -0.2) is 0 Å². The summed E-state index contributed by atoms with van der Waals surface area (Å²) in [6, 6.07) is 20.6. The van der Waals surface area contributed by atoms with Crippen LogP contribution in [0.1, 0.15) is 50.7 Å². The second-order valence-corrected chi connectivity index (χ2v) is 7.81. The molecule has 0 N–H and O–H groups in total. The normalized spacial score (nSPS) is 14.4. The van der Waals surface area contributed by atoms with Crippen LogP contribution in [0.25, 0.3) is 21.6 Å². The van der Waals surface area contributed by atoms with Gasteiger partial charge < -0.3 is 0 Å². The second-order valence-electron chi connectivity index (χ2n) is 6.87. The Morgan fingerprint density at radius 3 is 2.25 bits per heavy atom. The molecule has 0 saturated heterocycles. The lowest BCUT2D eigenvalue weighted by Gasteiger charge is -2.32. The molecule has 1 aliphatic carbocycles. The molecular formula is C23H24S. The fourth-order valence-corrected chi connectivity index (χ4v) is 5.29. The van der Waals surface area contributed by atoms with Crippen molar-refractivity contribution in [3.8, 4) is 21.6 Å². The van der Waals surface area contributed by atoms with E-state index in [-0.39, 0.29) is 5.41 Å². The van der Waals surface area contributed by atoms with Crippen LogP contribution in [0.5, 0.6) is 0 Å². The summed E-state index contributed by atoms with van der Waals surface area (Å²) in [5.41, 5.74) is 7.57. The molecule has 0 spiro atoms. The van der Waals surface area contributed by atoms with Crippen molar-refractivity contribution < 1.29 is 0 Å². The molecule has 1 aromatic heterocycles. The average Bonchev–Trinajstić information content (AvgIpc) is 3.23. The molecule has 0 radical (unpaired) electrons. The second kappa shape index (κ2) is 6.22. The van der Waals surface area contributed by atoms with E-state index in [9.17, 15) is 0 Å². The van der Waals surface area contributed by atoms with Gasteiger partial charge in [0.25, 0.3) is 0 Å². The van der Waals surface area contributed by atoms with E-state index in [0.29, 0.717) is 0 Å². The van der Waals surface area contributed by atoms with Gasteiger partial charge in [0.1, 0.15) is 0 Å². The summed E-state index contributed by atoms with van der Waals surface area (Å²) in [6.07, 6.45) is 4.91. The topological polar surface area (TPSA) is 0 Å². The smallest absolute Gasteiger partial charge is 0.0342 e. The molecule has 2 aromatic carbocycles. The van der Waals surface area contributed by atoms with Crippen molar-refractivity contribution in [3.63, 3.8) is 0 Å². The van der Waals surface area contributed by atoms with E-state index in [4.69, 9.17) is 0 Å². The molecule has 122 valence electrons. The SMILES string of the molecule is CCCC1(CCC)c2ccccc2-c2ccc(-c3cccs3)cc21. The molecule has 1 aliphatic rings. The first kappa shape index (κ1) is 15.7. The molecule has 0 amide bonds. The van der Waals surface area contributed by atoms with Gasteiger partial charge in [0, 0.05) is 10.3 Å². The minimum atomic E-state index is 0.197. The number of thiophene rings is 1. The number of hydrogen-bond acceptors (Lipinski definition) is 1. The average molecular weight is 333 g/mol. The van der Waals surface area contributed by atoms with Crippen LogP contribution < -0.4 is 0 Å². The van der Waals surface area contributed by atoms with E-state index in [2.05, 4.69) is 73.8 Å². The summed E-state index contributed by atoms with van der Waals surface area (Å²) >= 11 is 1.83. The highest BCUT2D eigenvalue weighted by atomic mass is 32.1. The standard InChI is InChI=1S/C23H24S/c1-3-13-23(14-4-2)20-9-6-5-8-18(20)19-12-11-17(16-21(19)23)22-10-7-15-24-22/h5-12,15-16H,3-4,13-14H2,1-2H3. The van der Waals surface area contributed by atoms with Crippen LogP contribution in [0.3, 0.4) is 0 Å². The maximum absolute atomic E-state index is 2.48. The van der Waals surface area contributed by atoms with Gasteiger partial charge >= 0.3 is 0 Å². The molecule has 0 fully saturated rings. The van der Waals surface area contributed by atoms with Crippen molar-refractivity contribution in [2.75, 3.05) is 0 Å². The highest BCUT2D eigenvalue weighted by molar-refractivity contribution is 7.13. The van der Waals surface area contributed by atoms with E-state index < -0.39 is 0 Å². The number of hydrogen-bond donors (Lipinski definition) is 0. The molecule has 0 nitrogen and oxygen atoms in total. The first-order valence-corrected chi connectivity index (χ1v) is 9.96. The zero-order valence-electron chi connectivity index (χ0n) is 14.5. The zero-order chi connectivity index (χ0) is 16.6. The Kier molecular flexibility index (Phi) is 4.05. The van der Waals surface area contributed by atoms with Crippen LogP contribution in [0.15, 0.2) is 60.0 Å². The van der Waals surface area contributed by atoms with E-state index in [0.717, 1.165) is 0 Å². The Hall–Kier alpha value is -1.86. The van der Waals surface area contributed by atoms with Gasteiger partial charge in [0.15, 0.2) is 0 Å². The van der Waals surface area contributed by atoms with Crippen molar-refractivity contribution in [1.29, 1.82) is 0 Å². The third-order valence-electron chi connectivity index (χ3n) is 5.43. The first-order chi connectivity index (χ1) is 11.8. The van der Waals surface area contributed by atoms with Crippen molar-refractivity contribution in [2.24, 2.45) is 0 Å². The van der Waals surface area contributed by atoms with Crippen molar-refractivity contribution >= 4 is 11.3 Å². The third kappa shape index (κ3) is 2.26. The molecule has 3 aromatic rings. The molecule has 4 rings (SSSR count). The largest absolute Gasteiger partial charge is 0.144 e. The van der Waals surface area contributed by atoms with E-state index >= 15 is 0 Å². The fraction of sp³-hybridized carbons (Fsp3) is 0.304. The van der Waals surface area contributed by atoms with Crippen LogP contribution in [-0.2, 0) is 5.41 Å². The molecule has 24 heavy (non-hydrogen) atoms. The maximum Gasteiger partial charge on any atom is 0.0342 e. The maximum atomic E-state index is 2.48. The van der Waals surface area contributed by atoms with Gasteiger partial charge in [-0.1, -0.05) is 69.2 Å². The van der Waals surface area contributed by atoms with E-state index in [1.807, 2.05) is 11.3 Å². The minimum Gasteiger partial charge on any atom is -0.144 e. The Labute approximate surface area is 149 Å².